The van der Waals surface area contributed by atoms with Crippen molar-refractivity contribution in [1.29, 1.82) is 0 Å². The van der Waals surface area contributed by atoms with Crippen LogP contribution in [0, 0.1) is 0 Å². The Labute approximate surface area is 172 Å². The van der Waals surface area contributed by atoms with Crippen LogP contribution in [0.4, 0.5) is 17.1 Å². The zero-order chi connectivity index (χ0) is 21.1. The average molecular weight is 404 g/mol. The highest BCUT2D eigenvalue weighted by Crippen LogP contribution is 2.27. The molecule has 0 radical (unpaired) electrons. The van der Waals surface area contributed by atoms with Gasteiger partial charge in [-0.05, 0) is 47.9 Å². The molecule has 2 aliphatic heterocycles. The molecule has 0 saturated heterocycles. The summed E-state index contributed by atoms with van der Waals surface area (Å²) in [5.41, 5.74) is 4.23. The summed E-state index contributed by atoms with van der Waals surface area (Å²) in [7, 11) is 0. The number of carbonyl (C=O) groups excluding carboxylic acids is 2. The molecule has 2 aliphatic rings. The molecule has 30 heavy (non-hydrogen) atoms. The summed E-state index contributed by atoms with van der Waals surface area (Å²) in [6.07, 6.45) is 4.04. The third-order valence-corrected chi connectivity index (χ3v) is 4.95. The van der Waals surface area contributed by atoms with Crippen molar-refractivity contribution in [3.8, 4) is 0 Å². The molecule has 2 aromatic rings. The predicted molar refractivity (Wildman–Crippen MR) is 114 cm³/mol. The molecule has 0 aliphatic carbocycles. The Balaban J connectivity index is 1.43. The summed E-state index contributed by atoms with van der Waals surface area (Å²) in [6.45, 7) is 0.423. The number of nitrogens with one attached hydrogen (secondary N) is 3. The molecule has 4 rings (SSSR count). The highest BCUT2D eigenvalue weighted by Gasteiger charge is 2.19. The second-order valence-electron chi connectivity index (χ2n) is 7.10. The van der Waals surface area contributed by atoms with E-state index in [1.165, 1.54) is 0 Å². The highest BCUT2D eigenvalue weighted by atomic mass is 16.4. The molecule has 0 fully saturated rings. The zero-order valence-corrected chi connectivity index (χ0v) is 16.0. The number of amides is 2. The van der Waals surface area contributed by atoms with E-state index in [-0.39, 0.29) is 11.8 Å². The van der Waals surface area contributed by atoms with Gasteiger partial charge in [0.2, 0.25) is 5.91 Å². The van der Waals surface area contributed by atoms with Gasteiger partial charge in [-0.2, -0.15) is 0 Å². The number of aliphatic imine (C=N–C) groups is 1. The van der Waals surface area contributed by atoms with Gasteiger partial charge in [0.15, 0.2) is 6.04 Å². The molecule has 8 nitrogen and oxygen atoms in total. The summed E-state index contributed by atoms with van der Waals surface area (Å²) in [5, 5.41) is 17.9. The van der Waals surface area contributed by atoms with Crippen LogP contribution in [-0.4, -0.2) is 41.7 Å². The fourth-order valence-electron chi connectivity index (χ4n) is 3.38. The van der Waals surface area contributed by atoms with Gasteiger partial charge in [-0.25, -0.2) is 4.79 Å². The highest BCUT2D eigenvalue weighted by molar-refractivity contribution is 6.08. The van der Waals surface area contributed by atoms with E-state index in [0.717, 1.165) is 16.8 Å². The average Bonchev–Trinajstić information content (AvgIpc) is 3.12. The number of carbonyl (C=O) groups is 3. The molecule has 0 saturated carbocycles. The van der Waals surface area contributed by atoms with Crippen molar-refractivity contribution in [3.63, 3.8) is 0 Å². The molecule has 2 heterocycles. The Bertz CT molecular complexity index is 1090. The largest absolute Gasteiger partial charge is 0.480 e. The van der Waals surface area contributed by atoms with Crippen LogP contribution >= 0.6 is 0 Å². The summed E-state index contributed by atoms with van der Waals surface area (Å²) in [6, 6.07) is 11.7. The Morgan fingerprint density at radius 1 is 1.20 bits per heavy atom. The van der Waals surface area contributed by atoms with E-state index in [4.69, 9.17) is 5.11 Å². The van der Waals surface area contributed by atoms with Gasteiger partial charge >= 0.3 is 5.97 Å². The van der Waals surface area contributed by atoms with Gasteiger partial charge in [0.25, 0.3) is 5.91 Å². The lowest BCUT2D eigenvalue weighted by Crippen LogP contribution is -2.21. The maximum atomic E-state index is 12.8. The SMILES string of the molecule is O=C1Cc2cc(NC(=O)c3ccccc3NCC3=CCC(C(=O)O)N=C3)ccc2N1. The number of rotatable bonds is 6. The molecule has 0 aromatic heterocycles. The third kappa shape index (κ3) is 4.22. The van der Waals surface area contributed by atoms with E-state index in [9.17, 15) is 14.4 Å². The summed E-state index contributed by atoms with van der Waals surface area (Å²) in [4.78, 5) is 39.3. The summed E-state index contributed by atoms with van der Waals surface area (Å²) < 4.78 is 0. The molecule has 8 heteroatoms. The minimum absolute atomic E-state index is 0.0572. The second-order valence-corrected chi connectivity index (χ2v) is 7.10. The summed E-state index contributed by atoms with van der Waals surface area (Å²) >= 11 is 0. The first kappa shape index (κ1) is 19.4. The van der Waals surface area contributed by atoms with Crippen LogP contribution in [0.3, 0.4) is 0 Å². The van der Waals surface area contributed by atoms with E-state index < -0.39 is 12.0 Å². The van der Waals surface area contributed by atoms with Crippen LogP contribution in [0.25, 0.3) is 0 Å². The Morgan fingerprint density at radius 2 is 2.03 bits per heavy atom. The lowest BCUT2D eigenvalue weighted by atomic mass is 10.1. The first-order valence-electron chi connectivity index (χ1n) is 9.51. The van der Waals surface area contributed by atoms with Crippen molar-refractivity contribution in [2.75, 3.05) is 22.5 Å². The first-order chi connectivity index (χ1) is 14.5. The maximum absolute atomic E-state index is 12.8. The van der Waals surface area contributed by atoms with Crippen molar-refractivity contribution < 1.29 is 19.5 Å². The number of dihydropyridines is 1. The van der Waals surface area contributed by atoms with E-state index in [0.29, 0.717) is 36.3 Å². The number of aliphatic carboxylic acids is 1. The standard InChI is InChI=1S/C22H20N4O4/c27-20-10-14-9-15(6-8-17(14)26-20)25-21(28)16-3-1-2-4-18(16)23-11-13-5-7-19(22(29)30)24-12-13/h1-6,8-9,12,19,23H,7,10-11H2,(H,25,28)(H,26,27)(H,29,30). The number of nitrogens with zero attached hydrogens (tertiary/aromatic N) is 1. The second kappa shape index (κ2) is 8.20. The third-order valence-electron chi connectivity index (χ3n) is 4.95. The van der Waals surface area contributed by atoms with E-state index in [1.807, 2.05) is 12.1 Å². The maximum Gasteiger partial charge on any atom is 0.328 e. The first-order valence-corrected chi connectivity index (χ1v) is 9.51. The van der Waals surface area contributed by atoms with E-state index in [1.54, 1.807) is 42.6 Å². The number of hydrogen-bond donors (Lipinski definition) is 4. The van der Waals surface area contributed by atoms with Crippen molar-refractivity contribution in [2.45, 2.75) is 18.9 Å². The number of benzene rings is 2. The lowest BCUT2D eigenvalue weighted by Gasteiger charge is -2.15. The molecule has 4 N–H and O–H groups in total. The molecule has 152 valence electrons. The number of carboxylic acids is 1. The predicted octanol–water partition coefficient (Wildman–Crippen LogP) is 2.70. The number of carboxylic acid groups (broad SMARTS) is 1. The molecule has 1 atom stereocenters. The van der Waals surface area contributed by atoms with Crippen LogP contribution in [0.2, 0.25) is 0 Å². The minimum Gasteiger partial charge on any atom is -0.480 e. The van der Waals surface area contributed by atoms with Gasteiger partial charge in [-0.1, -0.05) is 18.2 Å². The molecular formula is C22H20N4O4. The van der Waals surface area contributed by atoms with Crippen LogP contribution in [0.5, 0.6) is 0 Å². The lowest BCUT2D eigenvalue weighted by molar-refractivity contribution is -0.138. The topological polar surface area (TPSA) is 120 Å². The fourth-order valence-corrected chi connectivity index (χ4v) is 3.38. The molecule has 2 aromatic carbocycles. The Morgan fingerprint density at radius 3 is 2.80 bits per heavy atom. The van der Waals surface area contributed by atoms with E-state index >= 15 is 0 Å². The molecule has 1 unspecified atom stereocenters. The van der Waals surface area contributed by atoms with Crippen LogP contribution < -0.4 is 16.0 Å². The van der Waals surface area contributed by atoms with Crippen molar-refractivity contribution in [3.05, 3.63) is 65.2 Å². The zero-order valence-electron chi connectivity index (χ0n) is 16.0. The quantitative estimate of drug-likeness (QED) is 0.590. The number of fused-ring (bicyclic) bond motifs is 1. The molecule has 0 bridgehead atoms. The van der Waals surface area contributed by atoms with Gasteiger partial charge < -0.3 is 21.1 Å². The van der Waals surface area contributed by atoms with Gasteiger partial charge in [0.1, 0.15) is 0 Å². The minimum atomic E-state index is -0.941. The van der Waals surface area contributed by atoms with Crippen LogP contribution in [0.15, 0.2) is 59.1 Å². The van der Waals surface area contributed by atoms with E-state index in [2.05, 4.69) is 20.9 Å². The molecule has 2 amide bonds. The van der Waals surface area contributed by atoms with Gasteiger partial charge in [0.05, 0.1) is 12.0 Å². The number of para-hydroxylation sites is 1. The van der Waals surface area contributed by atoms with Crippen LogP contribution in [0.1, 0.15) is 22.3 Å². The van der Waals surface area contributed by atoms with Gasteiger partial charge in [0, 0.05) is 29.8 Å². The Hall–Kier alpha value is -3.94. The van der Waals surface area contributed by atoms with Crippen LogP contribution in [-0.2, 0) is 16.0 Å². The summed E-state index contributed by atoms with van der Waals surface area (Å²) in [5.74, 6) is -1.27. The van der Waals surface area contributed by atoms with Crippen molar-refractivity contribution in [2.24, 2.45) is 4.99 Å². The smallest absolute Gasteiger partial charge is 0.328 e. The van der Waals surface area contributed by atoms with Gasteiger partial charge in [-0.15, -0.1) is 0 Å². The van der Waals surface area contributed by atoms with Gasteiger partial charge in [-0.3, -0.25) is 14.6 Å². The number of hydrogen-bond acceptors (Lipinski definition) is 5. The monoisotopic (exact) mass is 404 g/mol. The Kier molecular flexibility index (Phi) is 5.30. The van der Waals surface area contributed by atoms with Crippen molar-refractivity contribution in [1.82, 2.24) is 0 Å². The normalized spacial score (nSPS) is 17.0. The molecule has 0 spiro atoms. The molecular weight excluding hydrogens is 384 g/mol. The fraction of sp³-hybridized carbons (Fsp3) is 0.182. The number of anilines is 3. The van der Waals surface area contributed by atoms with Crippen molar-refractivity contribution >= 4 is 41.1 Å².